The molecule has 0 bridgehead atoms. The quantitative estimate of drug-likeness (QED) is 0.549. The molecule has 0 aliphatic carbocycles. The molecule has 0 aromatic carbocycles. The second-order valence-corrected chi connectivity index (χ2v) is 2.18. The Kier molecular flexibility index (Phi) is 3.13. The Bertz CT molecular complexity index is 70.5. The monoisotopic (exact) mass is 118 g/mol. The van der Waals surface area contributed by atoms with E-state index in [1.165, 1.54) is 0 Å². The van der Waals surface area contributed by atoms with Crippen molar-refractivity contribution in [1.82, 2.24) is 0 Å². The van der Waals surface area contributed by atoms with Crippen LogP contribution >= 0.6 is 12.2 Å². The summed E-state index contributed by atoms with van der Waals surface area (Å²) in [4.78, 5) is 0.683. The highest BCUT2D eigenvalue weighted by atomic mass is 32.1. The molecule has 0 fully saturated rings. The lowest BCUT2D eigenvalue weighted by molar-refractivity contribution is 0.239. The first-order chi connectivity index (χ1) is 3.18. The van der Waals surface area contributed by atoms with E-state index < -0.39 is 0 Å². The molecule has 0 radical (unpaired) electrons. The lowest BCUT2D eigenvalue weighted by Gasteiger charge is -2.01. The molecule has 0 saturated carbocycles. The van der Waals surface area contributed by atoms with Crippen molar-refractivity contribution in [2.45, 2.75) is 26.4 Å². The van der Waals surface area contributed by atoms with Crippen molar-refractivity contribution in [3.8, 4) is 0 Å². The average Bonchev–Trinajstić information content (AvgIpc) is 1.65. The van der Waals surface area contributed by atoms with Gasteiger partial charge in [-0.1, -0.05) is 19.1 Å². The van der Waals surface area contributed by atoms with Crippen LogP contribution in [0.5, 0.6) is 0 Å². The second-order valence-electron chi connectivity index (χ2n) is 1.53. The Hall–Kier alpha value is 0.0500. The molecule has 0 spiro atoms. The number of hydrogen-bond donors (Lipinski definition) is 1. The van der Waals surface area contributed by atoms with Crippen molar-refractivity contribution in [3.05, 3.63) is 0 Å². The molecule has 0 aromatic heterocycles. The molecular weight excluding hydrogens is 108 g/mol. The average molecular weight is 118 g/mol. The maximum absolute atomic E-state index is 8.79. The van der Waals surface area contributed by atoms with Crippen molar-refractivity contribution >= 4 is 17.1 Å². The van der Waals surface area contributed by atoms with Gasteiger partial charge < -0.3 is 5.11 Å². The smallest absolute Gasteiger partial charge is 0.0846 e. The predicted octanol–water partition coefficient (Wildman–Crippen LogP) is 1.15. The largest absolute Gasteiger partial charge is 0.388 e. The van der Waals surface area contributed by atoms with Gasteiger partial charge in [-0.25, -0.2) is 0 Å². The topological polar surface area (TPSA) is 20.2 Å². The number of thiocarbonyl (C=S) groups is 1. The standard InChI is InChI=1S/C5H10OS/c1-3-5(6)4(2)7/h5-6H,3H2,1-2H3. The lowest BCUT2D eigenvalue weighted by Crippen LogP contribution is -2.12. The minimum Gasteiger partial charge on any atom is -0.388 e. The number of aliphatic hydroxyl groups excluding tert-OH is 1. The highest BCUT2D eigenvalue weighted by Gasteiger charge is 1.98. The Balaban J connectivity index is 3.34. The van der Waals surface area contributed by atoms with Crippen molar-refractivity contribution in [2.24, 2.45) is 0 Å². The fourth-order valence-electron chi connectivity index (χ4n) is 0.287. The summed E-state index contributed by atoms with van der Waals surface area (Å²) in [5.41, 5.74) is 0. The molecule has 0 aromatic rings. The highest BCUT2D eigenvalue weighted by molar-refractivity contribution is 7.80. The minimum absolute atomic E-state index is 0.366. The first-order valence-electron chi connectivity index (χ1n) is 2.37. The van der Waals surface area contributed by atoms with Gasteiger partial charge in [-0.3, -0.25) is 0 Å². The van der Waals surface area contributed by atoms with Crippen molar-refractivity contribution in [3.63, 3.8) is 0 Å². The SMILES string of the molecule is CCC(O)C(C)=S. The molecule has 0 saturated heterocycles. The Labute approximate surface area is 49.4 Å². The van der Waals surface area contributed by atoms with Gasteiger partial charge in [-0.05, 0) is 13.3 Å². The third-order valence-electron chi connectivity index (χ3n) is 0.856. The third kappa shape index (κ3) is 2.71. The molecule has 1 atom stereocenters. The molecule has 0 amide bonds. The van der Waals surface area contributed by atoms with Crippen LogP contribution in [0.1, 0.15) is 20.3 Å². The Morgan fingerprint density at radius 3 is 2.29 bits per heavy atom. The van der Waals surface area contributed by atoms with Gasteiger partial charge in [-0.2, -0.15) is 0 Å². The van der Waals surface area contributed by atoms with Gasteiger partial charge in [0.1, 0.15) is 0 Å². The van der Waals surface area contributed by atoms with Crippen molar-refractivity contribution in [2.75, 3.05) is 0 Å². The molecule has 1 nitrogen and oxygen atoms in total. The number of hydrogen-bond acceptors (Lipinski definition) is 2. The van der Waals surface area contributed by atoms with Crippen LogP contribution in [0, 0.1) is 0 Å². The summed E-state index contributed by atoms with van der Waals surface area (Å²) in [6, 6.07) is 0. The van der Waals surface area contributed by atoms with Gasteiger partial charge in [0.2, 0.25) is 0 Å². The van der Waals surface area contributed by atoms with E-state index in [1.807, 2.05) is 6.92 Å². The van der Waals surface area contributed by atoms with E-state index in [2.05, 4.69) is 12.2 Å². The van der Waals surface area contributed by atoms with Gasteiger partial charge in [0.15, 0.2) is 0 Å². The summed E-state index contributed by atoms with van der Waals surface area (Å²) in [6.07, 6.45) is 0.366. The number of aliphatic hydroxyl groups is 1. The minimum atomic E-state index is -0.366. The zero-order chi connectivity index (χ0) is 5.86. The third-order valence-corrected chi connectivity index (χ3v) is 1.13. The highest BCUT2D eigenvalue weighted by Crippen LogP contribution is 1.91. The molecule has 1 unspecified atom stereocenters. The summed E-state index contributed by atoms with van der Waals surface area (Å²) in [6.45, 7) is 3.66. The van der Waals surface area contributed by atoms with Crippen LogP contribution in [0.2, 0.25) is 0 Å². The van der Waals surface area contributed by atoms with Gasteiger partial charge in [0.25, 0.3) is 0 Å². The summed E-state index contributed by atoms with van der Waals surface area (Å²) >= 11 is 4.67. The van der Waals surface area contributed by atoms with Gasteiger partial charge in [0, 0.05) is 4.86 Å². The first kappa shape index (κ1) is 7.05. The lowest BCUT2D eigenvalue weighted by atomic mass is 10.2. The van der Waals surface area contributed by atoms with E-state index >= 15 is 0 Å². The van der Waals surface area contributed by atoms with E-state index in [-0.39, 0.29) is 6.10 Å². The molecule has 0 heterocycles. The van der Waals surface area contributed by atoms with E-state index in [4.69, 9.17) is 5.11 Å². The predicted molar refractivity (Wildman–Crippen MR) is 34.6 cm³/mol. The van der Waals surface area contributed by atoms with E-state index in [0.717, 1.165) is 6.42 Å². The first-order valence-corrected chi connectivity index (χ1v) is 2.77. The van der Waals surface area contributed by atoms with Gasteiger partial charge in [-0.15, -0.1) is 0 Å². The van der Waals surface area contributed by atoms with Gasteiger partial charge >= 0.3 is 0 Å². The zero-order valence-electron chi connectivity index (χ0n) is 4.64. The zero-order valence-corrected chi connectivity index (χ0v) is 5.46. The normalized spacial score (nSPS) is 13.6. The van der Waals surface area contributed by atoms with Crippen LogP contribution < -0.4 is 0 Å². The van der Waals surface area contributed by atoms with Crippen LogP contribution in [0.4, 0.5) is 0 Å². The molecule has 42 valence electrons. The number of rotatable bonds is 2. The molecular formula is C5H10OS. The van der Waals surface area contributed by atoms with E-state index in [1.54, 1.807) is 6.92 Å². The maximum atomic E-state index is 8.79. The fourth-order valence-corrected chi connectivity index (χ4v) is 0.454. The van der Waals surface area contributed by atoms with E-state index in [0.29, 0.717) is 4.86 Å². The summed E-state index contributed by atoms with van der Waals surface area (Å²) in [5.74, 6) is 0. The molecule has 1 N–H and O–H groups in total. The fraction of sp³-hybridized carbons (Fsp3) is 0.800. The molecule has 0 rings (SSSR count). The Morgan fingerprint density at radius 1 is 1.86 bits per heavy atom. The Morgan fingerprint density at radius 2 is 2.29 bits per heavy atom. The van der Waals surface area contributed by atoms with Crippen molar-refractivity contribution in [1.29, 1.82) is 0 Å². The molecule has 0 aliphatic heterocycles. The molecule has 7 heavy (non-hydrogen) atoms. The summed E-state index contributed by atoms with van der Waals surface area (Å²) in [7, 11) is 0. The van der Waals surface area contributed by atoms with E-state index in [9.17, 15) is 0 Å². The van der Waals surface area contributed by atoms with Crippen LogP contribution in [-0.4, -0.2) is 16.1 Å². The maximum Gasteiger partial charge on any atom is 0.0846 e. The molecule has 2 heteroatoms. The second kappa shape index (κ2) is 3.10. The van der Waals surface area contributed by atoms with Gasteiger partial charge in [0.05, 0.1) is 6.10 Å². The van der Waals surface area contributed by atoms with Crippen LogP contribution in [0.25, 0.3) is 0 Å². The molecule has 0 aliphatic rings. The summed E-state index contributed by atoms with van der Waals surface area (Å²) < 4.78 is 0. The van der Waals surface area contributed by atoms with Crippen LogP contribution in [0.15, 0.2) is 0 Å². The van der Waals surface area contributed by atoms with Crippen molar-refractivity contribution < 1.29 is 5.11 Å². The summed E-state index contributed by atoms with van der Waals surface area (Å²) in [5, 5.41) is 8.79. The van der Waals surface area contributed by atoms with Crippen LogP contribution in [-0.2, 0) is 0 Å². The van der Waals surface area contributed by atoms with Crippen LogP contribution in [0.3, 0.4) is 0 Å².